The zero-order valence-electron chi connectivity index (χ0n) is 11.7. The van der Waals surface area contributed by atoms with E-state index in [-0.39, 0.29) is 0 Å². The summed E-state index contributed by atoms with van der Waals surface area (Å²) in [5, 5.41) is 10.2. The van der Waals surface area contributed by atoms with Crippen molar-refractivity contribution in [2.45, 2.75) is 57.5 Å². The van der Waals surface area contributed by atoms with Crippen LogP contribution >= 0.6 is 0 Å². The number of aliphatic hydroxyl groups is 1. The molecule has 2 heterocycles. The van der Waals surface area contributed by atoms with E-state index in [1.165, 1.54) is 24.1 Å². The van der Waals surface area contributed by atoms with Crippen molar-refractivity contribution in [3.63, 3.8) is 0 Å². The van der Waals surface area contributed by atoms with Gasteiger partial charge in [0.25, 0.3) is 0 Å². The lowest BCUT2D eigenvalue weighted by atomic mass is 9.96. The Balaban J connectivity index is 1.86. The van der Waals surface area contributed by atoms with Crippen molar-refractivity contribution in [2.75, 3.05) is 18.0 Å². The van der Waals surface area contributed by atoms with Crippen LogP contribution < -0.4 is 4.90 Å². The fraction of sp³-hybridized carbons (Fsp3) is 0.733. The molecule has 0 saturated carbocycles. The highest BCUT2D eigenvalue weighted by atomic mass is 16.3. The van der Waals surface area contributed by atoms with Crippen LogP contribution in [-0.4, -0.2) is 33.8 Å². The smallest absolute Gasteiger partial charge is 0.135 e. The molecule has 1 unspecified atom stereocenters. The summed E-state index contributed by atoms with van der Waals surface area (Å²) >= 11 is 0. The maximum absolute atomic E-state index is 10.2. The standard InChI is InChI=1S/C15H23N3O/c1-15(19)7-4-9-18(10-8-15)14-12-5-2-3-6-13(12)16-11-17-14/h11,19H,2-10H2,1H3. The van der Waals surface area contributed by atoms with Gasteiger partial charge in [-0.1, -0.05) is 0 Å². The molecule has 0 bridgehead atoms. The zero-order chi connectivity index (χ0) is 13.3. The lowest BCUT2D eigenvalue weighted by Crippen LogP contribution is -2.30. The van der Waals surface area contributed by atoms with Gasteiger partial charge in [-0.15, -0.1) is 0 Å². The first-order chi connectivity index (χ1) is 9.16. The molecular weight excluding hydrogens is 238 g/mol. The molecule has 1 atom stereocenters. The van der Waals surface area contributed by atoms with Crippen LogP contribution in [0.4, 0.5) is 5.82 Å². The van der Waals surface area contributed by atoms with Crippen LogP contribution in [0.2, 0.25) is 0 Å². The third-order valence-corrected chi connectivity index (χ3v) is 4.47. The van der Waals surface area contributed by atoms with Crippen molar-refractivity contribution < 1.29 is 5.11 Å². The minimum atomic E-state index is -0.512. The van der Waals surface area contributed by atoms with Crippen LogP contribution in [0.15, 0.2) is 6.33 Å². The van der Waals surface area contributed by atoms with Gasteiger partial charge in [0.2, 0.25) is 0 Å². The summed E-state index contributed by atoms with van der Waals surface area (Å²) in [7, 11) is 0. The van der Waals surface area contributed by atoms with Crippen molar-refractivity contribution >= 4 is 5.82 Å². The Bertz CT molecular complexity index is 459. The van der Waals surface area contributed by atoms with E-state index in [9.17, 15) is 5.11 Å². The Morgan fingerprint density at radius 1 is 1.11 bits per heavy atom. The minimum Gasteiger partial charge on any atom is -0.390 e. The van der Waals surface area contributed by atoms with Crippen LogP contribution in [0.25, 0.3) is 0 Å². The first kappa shape index (κ1) is 12.9. The normalized spacial score (nSPS) is 27.8. The molecule has 1 fully saturated rings. The monoisotopic (exact) mass is 261 g/mol. The molecule has 1 saturated heterocycles. The van der Waals surface area contributed by atoms with E-state index < -0.39 is 5.60 Å². The minimum absolute atomic E-state index is 0.512. The molecule has 104 valence electrons. The molecule has 1 aromatic rings. The van der Waals surface area contributed by atoms with Crippen molar-refractivity contribution in [3.8, 4) is 0 Å². The first-order valence-electron chi connectivity index (χ1n) is 7.46. The molecule has 4 heteroatoms. The topological polar surface area (TPSA) is 49.2 Å². The predicted molar refractivity (Wildman–Crippen MR) is 75.4 cm³/mol. The lowest BCUT2D eigenvalue weighted by molar-refractivity contribution is 0.0481. The summed E-state index contributed by atoms with van der Waals surface area (Å²) in [4.78, 5) is 11.3. The number of hydrogen-bond donors (Lipinski definition) is 1. The molecule has 1 aliphatic carbocycles. The number of fused-ring (bicyclic) bond motifs is 1. The highest BCUT2D eigenvalue weighted by Crippen LogP contribution is 2.30. The lowest BCUT2D eigenvalue weighted by Gasteiger charge is -2.27. The molecule has 1 N–H and O–H groups in total. The number of nitrogens with zero attached hydrogens (tertiary/aromatic N) is 3. The van der Waals surface area contributed by atoms with Crippen LogP contribution in [0, 0.1) is 0 Å². The first-order valence-corrected chi connectivity index (χ1v) is 7.46. The quantitative estimate of drug-likeness (QED) is 0.841. The fourth-order valence-electron chi connectivity index (χ4n) is 3.25. The molecule has 2 aliphatic rings. The third kappa shape index (κ3) is 2.73. The second-order valence-corrected chi connectivity index (χ2v) is 6.17. The fourth-order valence-corrected chi connectivity index (χ4v) is 3.25. The molecule has 1 aliphatic heterocycles. The van der Waals surface area contributed by atoms with E-state index in [0.717, 1.165) is 51.0 Å². The van der Waals surface area contributed by atoms with Crippen LogP contribution in [0.5, 0.6) is 0 Å². The van der Waals surface area contributed by atoms with Gasteiger partial charge in [0.1, 0.15) is 12.1 Å². The van der Waals surface area contributed by atoms with Crippen molar-refractivity contribution in [2.24, 2.45) is 0 Å². The molecule has 4 nitrogen and oxygen atoms in total. The SMILES string of the molecule is CC1(O)CCCN(c2ncnc3c2CCCC3)CC1. The van der Waals surface area contributed by atoms with E-state index in [2.05, 4.69) is 14.9 Å². The Kier molecular flexibility index (Phi) is 3.44. The maximum atomic E-state index is 10.2. The van der Waals surface area contributed by atoms with Crippen LogP contribution in [0.1, 0.15) is 50.3 Å². The van der Waals surface area contributed by atoms with Gasteiger partial charge in [-0.3, -0.25) is 0 Å². The maximum Gasteiger partial charge on any atom is 0.135 e. The Hall–Kier alpha value is -1.16. The number of aryl methyl sites for hydroxylation is 1. The largest absolute Gasteiger partial charge is 0.390 e. The molecular formula is C15H23N3O. The second kappa shape index (κ2) is 5.08. The van der Waals surface area contributed by atoms with Gasteiger partial charge in [-0.25, -0.2) is 9.97 Å². The van der Waals surface area contributed by atoms with E-state index in [1.807, 2.05) is 6.92 Å². The van der Waals surface area contributed by atoms with Gasteiger partial charge in [-0.2, -0.15) is 0 Å². The van der Waals surface area contributed by atoms with E-state index in [0.29, 0.717) is 0 Å². The van der Waals surface area contributed by atoms with Gasteiger partial charge < -0.3 is 10.0 Å². The van der Waals surface area contributed by atoms with E-state index in [1.54, 1.807) is 6.33 Å². The number of aromatic nitrogens is 2. The number of hydrogen-bond acceptors (Lipinski definition) is 4. The predicted octanol–water partition coefficient (Wildman–Crippen LogP) is 2.10. The summed E-state index contributed by atoms with van der Waals surface area (Å²) in [6.07, 6.45) is 9.16. The van der Waals surface area contributed by atoms with Gasteiger partial charge in [0.15, 0.2) is 0 Å². The van der Waals surface area contributed by atoms with E-state index >= 15 is 0 Å². The van der Waals surface area contributed by atoms with Crippen LogP contribution in [-0.2, 0) is 12.8 Å². The Labute approximate surface area is 114 Å². The molecule has 0 aromatic carbocycles. The van der Waals surface area contributed by atoms with Crippen molar-refractivity contribution in [1.29, 1.82) is 0 Å². The van der Waals surface area contributed by atoms with Gasteiger partial charge >= 0.3 is 0 Å². The van der Waals surface area contributed by atoms with Gasteiger partial charge in [-0.05, 0) is 51.9 Å². The summed E-state index contributed by atoms with van der Waals surface area (Å²) in [6, 6.07) is 0. The zero-order valence-corrected chi connectivity index (χ0v) is 11.7. The average molecular weight is 261 g/mol. The number of anilines is 1. The molecule has 0 amide bonds. The third-order valence-electron chi connectivity index (χ3n) is 4.47. The Morgan fingerprint density at radius 2 is 1.95 bits per heavy atom. The average Bonchev–Trinajstić information content (AvgIpc) is 2.59. The van der Waals surface area contributed by atoms with Crippen molar-refractivity contribution in [3.05, 3.63) is 17.6 Å². The Morgan fingerprint density at radius 3 is 2.84 bits per heavy atom. The van der Waals surface area contributed by atoms with Gasteiger partial charge in [0, 0.05) is 24.3 Å². The molecule has 0 spiro atoms. The molecule has 1 aromatic heterocycles. The summed E-state index contributed by atoms with van der Waals surface area (Å²) in [6.45, 7) is 3.85. The van der Waals surface area contributed by atoms with Crippen molar-refractivity contribution in [1.82, 2.24) is 9.97 Å². The number of rotatable bonds is 1. The summed E-state index contributed by atoms with van der Waals surface area (Å²) < 4.78 is 0. The molecule has 3 rings (SSSR count). The van der Waals surface area contributed by atoms with E-state index in [4.69, 9.17) is 0 Å². The van der Waals surface area contributed by atoms with Gasteiger partial charge in [0.05, 0.1) is 5.60 Å². The highest BCUT2D eigenvalue weighted by Gasteiger charge is 2.27. The van der Waals surface area contributed by atoms with Crippen LogP contribution in [0.3, 0.4) is 0 Å². The summed E-state index contributed by atoms with van der Waals surface area (Å²) in [5.74, 6) is 1.13. The second-order valence-electron chi connectivity index (χ2n) is 6.17. The summed E-state index contributed by atoms with van der Waals surface area (Å²) in [5.41, 5.74) is 2.09. The molecule has 0 radical (unpaired) electrons. The highest BCUT2D eigenvalue weighted by molar-refractivity contribution is 5.49. The molecule has 19 heavy (non-hydrogen) atoms.